The van der Waals surface area contributed by atoms with Gasteiger partial charge in [0.1, 0.15) is 5.52 Å². The highest BCUT2D eigenvalue weighted by atomic mass is 16.1. The van der Waals surface area contributed by atoms with Gasteiger partial charge < -0.3 is 10.2 Å². The molecule has 6 nitrogen and oxygen atoms in total. The minimum absolute atomic E-state index is 0.0262. The molecule has 0 bridgehead atoms. The zero-order valence-corrected chi connectivity index (χ0v) is 15.4. The minimum Gasteiger partial charge on any atom is -0.367 e. The van der Waals surface area contributed by atoms with E-state index < -0.39 is 0 Å². The maximum Gasteiger partial charge on any atom is 0.223 e. The smallest absolute Gasteiger partial charge is 0.223 e. The molecular weight excluding hydrogens is 314 g/mol. The second kappa shape index (κ2) is 7.33. The second-order valence-electron chi connectivity index (χ2n) is 7.54. The van der Waals surface area contributed by atoms with Crippen molar-refractivity contribution in [1.29, 1.82) is 0 Å². The lowest BCUT2D eigenvalue weighted by Gasteiger charge is -2.38. The molecule has 6 heteroatoms. The van der Waals surface area contributed by atoms with Gasteiger partial charge in [0.2, 0.25) is 5.91 Å². The van der Waals surface area contributed by atoms with E-state index >= 15 is 0 Å². The predicted octanol–water partition coefficient (Wildman–Crippen LogP) is 2.65. The van der Waals surface area contributed by atoms with Crippen LogP contribution in [0.1, 0.15) is 34.1 Å². The second-order valence-corrected chi connectivity index (χ2v) is 7.54. The molecule has 0 saturated carbocycles. The normalized spacial score (nSPS) is 22.2. The fraction of sp³-hybridized carbons (Fsp3) is 0.579. The van der Waals surface area contributed by atoms with Crippen LogP contribution in [0.5, 0.6) is 0 Å². The van der Waals surface area contributed by atoms with Crippen LogP contribution >= 0.6 is 0 Å². The maximum absolute atomic E-state index is 12.5. The van der Waals surface area contributed by atoms with E-state index in [9.17, 15) is 4.79 Å². The number of nitrogens with zero attached hydrogens (tertiary/aromatic N) is 4. The van der Waals surface area contributed by atoms with Crippen LogP contribution in [0.3, 0.4) is 0 Å². The van der Waals surface area contributed by atoms with E-state index in [2.05, 4.69) is 45.9 Å². The van der Waals surface area contributed by atoms with E-state index in [0.29, 0.717) is 17.5 Å². The van der Waals surface area contributed by atoms with Gasteiger partial charge in [-0.25, -0.2) is 15.0 Å². The number of amides is 1. The quantitative estimate of drug-likeness (QED) is 0.926. The van der Waals surface area contributed by atoms with Crippen molar-refractivity contribution in [1.82, 2.24) is 20.3 Å². The first-order chi connectivity index (χ1) is 12.0. The van der Waals surface area contributed by atoms with Gasteiger partial charge in [-0.1, -0.05) is 27.7 Å². The Morgan fingerprint density at radius 3 is 2.64 bits per heavy atom. The molecule has 1 aliphatic heterocycles. The molecule has 3 rings (SSSR count). The molecule has 0 aromatic carbocycles. The van der Waals surface area contributed by atoms with Gasteiger partial charge in [-0.2, -0.15) is 0 Å². The Hall–Kier alpha value is -2.24. The van der Waals surface area contributed by atoms with E-state index in [4.69, 9.17) is 0 Å². The molecule has 1 aliphatic rings. The van der Waals surface area contributed by atoms with E-state index in [1.54, 1.807) is 18.6 Å². The van der Waals surface area contributed by atoms with Crippen molar-refractivity contribution in [3.05, 3.63) is 24.7 Å². The lowest BCUT2D eigenvalue weighted by Crippen LogP contribution is -2.51. The molecule has 0 radical (unpaired) electrons. The van der Waals surface area contributed by atoms with Gasteiger partial charge in [0, 0.05) is 43.6 Å². The molecule has 2 aromatic heterocycles. The van der Waals surface area contributed by atoms with Crippen LogP contribution in [-0.2, 0) is 4.79 Å². The molecule has 1 saturated heterocycles. The topological polar surface area (TPSA) is 71.0 Å². The average molecular weight is 341 g/mol. The van der Waals surface area contributed by atoms with Gasteiger partial charge in [0.05, 0.1) is 5.69 Å². The first-order valence-electron chi connectivity index (χ1n) is 9.06. The summed E-state index contributed by atoms with van der Waals surface area (Å²) in [6, 6.07) is 2.14. The Morgan fingerprint density at radius 2 is 1.88 bits per heavy atom. The third-order valence-electron chi connectivity index (χ3n) is 5.11. The monoisotopic (exact) mass is 341 g/mol. The fourth-order valence-corrected chi connectivity index (χ4v) is 3.41. The van der Waals surface area contributed by atoms with Gasteiger partial charge in [-0.3, -0.25) is 4.79 Å². The van der Waals surface area contributed by atoms with Crippen molar-refractivity contribution in [3.8, 4) is 0 Å². The molecule has 0 aliphatic carbocycles. The molecule has 134 valence electrons. The molecule has 1 fully saturated rings. The highest BCUT2D eigenvalue weighted by Crippen LogP contribution is 2.27. The lowest BCUT2D eigenvalue weighted by atomic mass is 9.93. The maximum atomic E-state index is 12.5. The number of carbonyl (C=O) groups is 1. The third kappa shape index (κ3) is 3.89. The molecule has 1 N–H and O–H groups in total. The summed E-state index contributed by atoms with van der Waals surface area (Å²) in [5, 5.41) is 3.25. The molecule has 0 spiro atoms. The number of pyridine rings is 1. The predicted molar refractivity (Wildman–Crippen MR) is 99.3 cm³/mol. The number of piperidine rings is 1. The van der Waals surface area contributed by atoms with E-state index in [0.717, 1.165) is 30.7 Å². The Bertz CT molecular complexity index is 742. The molecule has 3 atom stereocenters. The summed E-state index contributed by atoms with van der Waals surface area (Å²) in [4.78, 5) is 27.8. The lowest BCUT2D eigenvalue weighted by molar-refractivity contribution is -0.126. The summed E-state index contributed by atoms with van der Waals surface area (Å²) < 4.78 is 0. The van der Waals surface area contributed by atoms with Crippen molar-refractivity contribution < 1.29 is 4.79 Å². The van der Waals surface area contributed by atoms with Crippen LogP contribution in [0, 0.1) is 17.8 Å². The molecule has 3 heterocycles. The Kier molecular flexibility index (Phi) is 5.16. The number of fused-ring (bicyclic) bond motifs is 1. The van der Waals surface area contributed by atoms with Crippen LogP contribution in [-0.4, -0.2) is 40.0 Å². The largest absolute Gasteiger partial charge is 0.367 e. The summed E-state index contributed by atoms with van der Waals surface area (Å²) in [6.07, 6.45) is 6.14. The summed E-state index contributed by atoms with van der Waals surface area (Å²) in [5.74, 6) is 1.01. The van der Waals surface area contributed by atoms with Crippen LogP contribution in [0.15, 0.2) is 24.7 Å². The third-order valence-corrected chi connectivity index (χ3v) is 5.11. The molecule has 1 amide bonds. The van der Waals surface area contributed by atoms with Gasteiger partial charge >= 0.3 is 0 Å². The standard InChI is InChI=1S/C19H27N5O/c1-12(2)14(4)19(25)23-15-9-13(3)10-24(11-15)16-5-6-21-18-17(16)20-7-8-22-18/h5-8,12-15H,9-11H2,1-4H3,(H,23,25)/t13-,14?,15+/m0/s1. The summed E-state index contributed by atoms with van der Waals surface area (Å²) in [6.45, 7) is 10.1. The van der Waals surface area contributed by atoms with Gasteiger partial charge in [-0.15, -0.1) is 0 Å². The average Bonchev–Trinajstić information content (AvgIpc) is 2.59. The van der Waals surface area contributed by atoms with Crippen molar-refractivity contribution in [3.63, 3.8) is 0 Å². The van der Waals surface area contributed by atoms with Crippen LogP contribution in [0.25, 0.3) is 11.2 Å². The summed E-state index contributed by atoms with van der Waals surface area (Å²) in [7, 11) is 0. The highest BCUT2D eigenvalue weighted by Gasteiger charge is 2.29. The Labute approximate surface area is 149 Å². The zero-order valence-electron chi connectivity index (χ0n) is 15.4. The van der Waals surface area contributed by atoms with Gasteiger partial charge in [0.15, 0.2) is 5.65 Å². The van der Waals surface area contributed by atoms with Crippen molar-refractivity contribution >= 4 is 22.8 Å². The van der Waals surface area contributed by atoms with Crippen LogP contribution in [0.4, 0.5) is 5.69 Å². The molecular formula is C19H27N5O. The first kappa shape index (κ1) is 17.6. The Balaban J connectivity index is 1.79. The van der Waals surface area contributed by atoms with Gasteiger partial charge in [-0.05, 0) is 24.3 Å². The SMILES string of the molecule is CC(C)C(C)C(=O)N[C@@H]1C[C@H](C)CN(c2ccnc3nccnc23)C1. The summed E-state index contributed by atoms with van der Waals surface area (Å²) in [5.41, 5.74) is 2.52. The van der Waals surface area contributed by atoms with E-state index in [1.165, 1.54) is 0 Å². The Morgan fingerprint density at radius 1 is 1.16 bits per heavy atom. The number of nitrogens with one attached hydrogen (secondary N) is 1. The molecule has 25 heavy (non-hydrogen) atoms. The first-order valence-corrected chi connectivity index (χ1v) is 9.06. The van der Waals surface area contributed by atoms with Crippen LogP contribution < -0.4 is 10.2 Å². The van der Waals surface area contributed by atoms with Gasteiger partial charge in [0.25, 0.3) is 0 Å². The highest BCUT2D eigenvalue weighted by molar-refractivity contribution is 5.85. The molecule has 2 aromatic rings. The molecule has 1 unspecified atom stereocenters. The number of hydrogen-bond donors (Lipinski definition) is 1. The number of carbonyl (C=O) groups excluding carboxylic acids is 1. The van der Waals surface area contributed by atoms with Crippen molar-refractivity contribution in [2.75, 3.05) is 18.0 Å². The number of aromatic nitrogens is 3. The van der Waals surface area contributed by atoms with Crippen LogP contribution in [0.2, 0.25) is 0 Å². The summed E-state index contributed by atoms with van der Waals surface area (Å²) >= 11 is 0. The number of anilines is 1. The number of rotatable bonds is 4. The fourth-order valence-electron chi connectivity index (χ4n) is 3.41. The minimum atomic E-state index is 0.0262. The van der Waals surface area contributed by atoms with Crippen molar-refractivity contribution in [2.24, 2.45) is 17.8 Å². The van der Waals surface area contributed by atoms with Crippen molar-refractivity contribution in [2.45, 2.75) is 40.2 Å². The van der Waals surface area contributed by atoms with E-state index in [-0.39, 0.29) is 17.9 Å². The zero-order chi connectivity index (χ0) is 18.0. The number of hydrogen-bond acceptors (Lipinski definition) is 5. The van der Waals surface area contributed by atoms with E-state index in [1.807, 2.05) is 13.0 Å².